The highest BCUT2D eigenvalue weighted by molar-refractivity contribution is 6.07. The molecule has 0 amide bonds. The number of esters is 2. The first-order valence-electron chi connectivity index (χ1n) is 10.4. The molecule has 7 nitrogen and oxygen atoms in total. The van der Waals surface area contributed by atoms with Crippen LogP contribution in [0.25, 0.3) is 10.9 Å². The lowest BCUT2D eigenvalue weighted by molar-refractivity contribution is 0.0526. The molecule has 1 aromatic heterocycles. The predicted molar refractivity (Wildman–Crippen MR) is 125 cm³/mol. The molecule has 0 aliphatic heterocycles. The van der Waals surface area contributed by atoms with E-state index < -0.39 is 11.9 Å². The SMILES string of the molecule is CCOC(=O)c1cnc2ccc(C(=O)OC)cc2c1Nc1ccc(Oc2ccccc2)cc1. The van der Waals surface area contributed by atoms with Crippen LogP contribution in [0.4, 0.5) is 11.4 Å². The highest BCUT2D eigenvalue weighted by Gasteiger charge is 2.18. The normalized spacial score (nSPS) is 10.5. The fourth-order valence-electron chi connectivity index (χ4n) is 3.31. The monoisotopic (exact) mass is 442 g/mol. The van der Waals surface area contributed by atoms with Crippen LogP contribution in [0.2, 0.25) is 0 Å². The van der Waals surface area contributed by atoms with Crippen molar-refractivity contribution < 1.29 is 23.8 Å². The minimum absolute atomic E-state index is 0.226. The lowest BCUT2D eigenvalue weighted by atomic mass is 10.1. The number of fused-ring (bicyclic) bond motifs is 1. The van der Waals surface area contributed by atoms with E-state index in [1.54, 1.807) is 25.1 Å². The van der Waals surface area contributed by atoms with Gasteiger partial charge in [-0.15, -0.1) is 0 Å². The van der Waals surface area contributed by atoms with Crippen molar-refractivity contribution in [3.63, 3.8) is 0 Å². The van der Waals surface area contributed by atoms with Gasteiger partial charge in [-0.3, -0.25) is 4.98 Å². The third-order valence-electron chi connectivity index (χ3n) is 4.89. The van der Waals surface area contributed by atoms with Crippen LogP contribution in [-0.4, -0.2) is 30.6 Å². The average molecular weight is 442 g/mol. The molecule has 0 atom stereocenters. The highest BCUT2D eigenvalue weighted by atomic mass is 16.5. The van der Waals surface area contributed by atoms with E-state index in [-0.39, 0.29) is 12.2 Å². The second-order valence-electron chi connectivity index (χ2n) is 7.06. The Hall–Kier alpha value is -4.39. The Kier molecular flexibility index (Phi) is 6.50. The number of benzene rings is 3. The molecule has 1 heterocycles. The topological polar surface area (TPSA) is 86.8 Å². The van der Waals surface area contributed by atoms with Gasteiger partial charge in [-0.05, 0) is 61.5 Å². The number of carbonyl (C=O) groups excluding carboxylic acids is 2. The molecule has 0 fully saturated rings. The number of rotatable bonds is 7. The molecule has 166 valence electrons. The lowest BCUT2D eigenvalue weighted by Crippen LogP contribution is -2.10. The molecule has 0 aliphatic rings. The van der Waals surface area contributed by atoms with Crippen LogP contribution in [0.15, 0.2) is 79.0 Å². The third kappa shape index (κ3) is 4.93. The number of ether oxygens (including phenoxy) is 3. The summed E-state index contributed by atoms with van der Waals surface area (Å²) in [5.74, 6) is 0.414. The van der Waals surface area contributed by atoms with Crippen LogP contribution in [0, 0.1) is 0 Å². The fourth-order valence-corrected chi connectivity index (χ4v) is 3.31. The Balaban J connectivity index is 1.71. The summed E-state index contributed by atoms with van der Waals surface area (Å²) in [6, 6.07) is 21.8. The van der Waals surface area contributed by atoms with E-state index >= 15 is 0 Å². The predicted octanol–water partition coefficient (Wildman–Crippen LogP) is 5.73. The average Bonchev–Trinajstić information content (AvgIpc) is 2.85. The standard InChI is InChI=1S/C26H22N2O5/c1-3-32-26(30)22-16-27-23-14-9-17(25(29)31-2)15-21(23)24(22)28-18-10-12-20(13-11-18)33-19-7-5-4-6-8-19/h4-16H,3H2,1-2H3,(H,27,28). The van der Waals surface area contributed by atoms with Gasteiger partial charge in [-0.1, -0.05) is 18.2 Å². The summed E-state index contributed by atoms with van der Waals surface area (Å²) >= 11 is 0. The van der Waals surface area contributed by atoms with Gasteiger partial charge < -0.3 is 19.5 Å². The van der Waals surface area contributed by atoms with Gasteiger partial charge in [0.05, 0.1) is 30.5 Å². The first-order valence-corrected chi connectivity index (χ1v) is 10.4. The molecule has 3 aromatic carbocycles. The van der Waals surface area contributed by atoms with Crippen molar-refractivity contribution in [1.82, 2.24) is 4.98 Å². The van der Waals surface area contributed by atoms with Crippen LogP contribution in [0.1, 0.15) is 27.6 Å². The van der Waals surface area contributed by atoms with Crippen LogP contribution >= 0.6 is 0 Å². The first kappa shape index (κ1) is 21.8. The molecular formula is C26H22N2O5. The lowest BCUT2D eigenvalue weighted by Gasteiger charge is -2.15. The van der Waals surface area contributed by atoms with Crippen molar-refractivity contribution >= 4 is 34.2 Å². The molecule has 0 radical (unpaired) electrons. The quantitative estimate of drug-likeness (QED) is 0.366. The summed E-state index contributed by atoms with van der Waals surface area (Å²) in [6.07, 6.45) is 1.47. The Labute approximate surface area is 190 Å². The molecule has 4 aromatic rings. The van der Waals surface area contributed by atoms with Crippen LogP contribution < -0.4 is 10.1 Å². The highest BCUT2D eigenvalue weighted by Crippen LogP contribution is 2.32. The second-order valence-corrected chi connectivity index (χ2v) is 7.06. The molecule has 33 heavy (non-hydrogen) atoms. The summed E-state index contributed by atoms with van der Waals surface area (Å²) in [5.41, 5.74) is 2.43. The van der Waals surface area contributed by atoms with E-state index in [1.165, 1.54) is 13.3 Å². The molecule has 0 saturated carbocycles. The number of nitrogens with one attached hydrogen (secondary N) is 1. The van der Waals surface area contributed by atoms with Crippen molar-refractivity contribution in [1.29, 1.82) is 0 Å². The Morgan fingerprint density at radius 2 is 1.64 bits per heavy atom. The first-order chi connectivity index (χ1) is 16.1. The summed E-state index contributed by atoms with van der Waals surface area (Å²) in [7, 11) is 1.32. The smallest absolute Gasteiger partial charge is 0.341 e. The number of carbonyl (C=O) groups is 2. The van der Waals surface area contributed by atoms with Crippen molar-refractivity contribution in [3.8, 4) is 11.5 Å². The number of methoxy groups -OCH3 is 1. The van der Waals surface area contributed by atoms with Gasteiger partial charge in [-0.25, -0.2) is 9.59 Å². The number of anilines is 2. The summed E-state index contributed by atoms with van der Waals surface area (Å²) in [4.78, 5) is 29.0. The van der Waals surface area contributed by atoms with Gasteiger partial charge in [-0.2, -0.15) is 0 Å². The molecule has 7 heteroatoms. The van der Waals surface area contributed by atoms with Crippen molar-refractivity contribution in [2.45, 2.75) is 6.92 Å². The van der Waals surface area contributed by atoms with Crippen molar-refractivity contribution in [2.75, 3.05) is 19.0 Å². The molecular weight excluding hydrogens is 420 g/mol. The van der Waals surface area contributed by atoms with Crippen molar-refractivity contribution in [2.24, 2.45) is 0 Å². The molecule has 1 N–H and O–H groups in total. The summed E-state index contributed by atoms with van der Waals surface area (Å²) < 4.78 is 15.9. The van der Waals surface area contributed by atoms with E-state index in [0.29, 0.717) is 27.9 Å². The third-order valence-corrected chi connectivity index (χ3v) is 4.89. The van der Waals surface area contributed by atoms with Crippen LogP contribution in [-0.2, 0) is 9.47 Å². The van der Waals surface area contributed by atoms with E-state index in [0.717, 1.165) is 11.4 Å². The second kappa shape index (κ2) is 9.82. The number of hydrogen-bond donors (Lipinski definition) is 1. The van der Waals surface area contributed by atoms with Gasteiger partial charge in [0, 0.05) is 17.3 Å². The number of nitrogens with zero attached hydrogens (tertiary/aromatic N) is 1. The fraction of sp³-hybridized carbons (Fsp3) is 0.115. The molecule has 0 unspecified atom stereocenters. The molecule has 0 saturated heterocycles. The van der Waals surface area contributed by atoms with E-state index in [4.69, 9.17) is 14.2 Å². The van der Waals surface area contributed by atoms with Crippen molar-refractivity contribution in [3.05, 3.63) is 90.1 Å². The molecule has 4 rings (SSSR count). The zero-order valence-electron chi connectivity index (χ0n) is 18.2. The summed E-state index contributed by atoms with van der Waals surface area (Å²) in [6.45, 7) is 1.96. The number of aromatic nitrogens is 1. The number of para-hydroxylation sites is 1. The minimum Gasteiger partial charge on any atom is -0.465 e. The molecule has 0 aliphatic carbocycles. The van der Waals surface area contributed by atoms with Gasteiger partial charge >= 0.3 is 11.9 Å². The van der Waals surface area contributed by atoms with Gasteiger partial charge in [0.15, 0.2) is 0 Å². The van der Waals surface area contributed by atoms with Crippen LogP contribution in [0.5, 0.6) is 11.5 Å². The van der Waals surface area contributed by atoms with Gasteiger partial charge in [0.1, 0.15) is 17.1 Å². The van der Waals surface area contributed by atoms with E-state index in [2.05, 4.69) is 10.3 Å². The number of hydrogen-bond acceptors (Lipinski definition) is 7. The largest absolute Gasteiger partial charge is 0.465 e. The number of pyridine rings is 1. The Morgan fingerprint density at radius 1 is 0.909 bits per heavy atom. The van der Waals surface area contributed by atoms with Gasteiger partial charge in [0.2, 0.25) is 0 Å². The zero-order chi connectivity index (χ0) is 23.2. The maximum absolute atomic E-state index is 12.6. The zero-order valence-corrected chi connectivity index (χ0v) is 18.2. The summed E-state index contributed by atoms with van der Waals surface area (Å²) in [5, 5.41) is 3.87. The van der Waals surface area contributed by atoms with E-state index in [1.807, 2.05) is 54.6 Å². The Bertz CT molecular complexity index is 1290. The van der Waals surface area contributed by atoms with E-state index in [9.17, 15) is 9.59 Å². The maximum Gasteiger partial charge on any atom is 0.341 e. The molecule has 0 spiro atoms. The van der Waals surface area contributed by atoms with Gasteiger partial charge in [0.25, 0.3) is 0 Å². The van der Waals surface area contributed by atoms with Crippen LogP contribution in [0.3, 0.4) is 0 Å². The minimum atomic E-state index is -0.512. The Morgan fingerprint density at radius 3 is 2.33 bits per heavy atom. The maximum atomic E-state index is 12.6. The molecule has 0 bridgehead atoms.